The minimum atomic E-state index is -3.71. The van der Waals surface area contributed by atoms with E-state index in [-0.39, 0.29) is 12.6 Å². The Morgan fingerprint density at radius 3 is 2.10 bits per heavy atom. The molecular formula is C21H24N2O7S. The van der Waals surface area contributed by atoms with E-state index in [9.17, 15) is 13.2 Å². The summed E-state index contributed by atoms with van der Waals surface area (Å²) < 4.78 is 47.9. The molecule has 1 atom stereocenters. The van der Waals surface area contributed by atoms with Crippen LogP contribution < -0.4 is 28.6 Å². The van der Waals surface area contributed by atoms with Crippen molar-refractivity contribution in [2.24, 2.45) is 0 Å². The molecule has 2 aromatic rings. The smallest absolute Gasteiger partial charge is 0.241 e. The molecule has 0 radical (unpaired) electrons. The van der Waals surface area contributed by atoms with Gasteiger partial charge < -0.3 is 24.3 Å². The molecule has 1 N–H and O–H groups in total. The molecule has 166 valence electrons. The maximum atomic E-state index is 12.7. The molecule has 2 aliphatic rings. The van der Waals surface area contributed by atoms with Crippen LogP contribution in [0.3, 0.4) is 0 Å². The molecule has 31 heavy (non-hydrogen) atoms. The topological polar surface area (TPSA) is 103 Å². The minimum absolute atomic E-state index is 0.328. The van der Waals surface area contributed by atoms with Crippen molar-refractivity contribution in [3.8, 4) is 23.0 Å². The fourth-order valence-electron chi connectivity index (χ4n) is 3.42. The molecular weight excluding hydrogens is 424 g/mol. The second-order valence-electron chi connectivity index (χ2n) is 7.29. The lowest BCUT2D eigenvalue weighted by Gasteiger charge is -2.25. The number of hydrogen-bond donors (Lipinski definition) is 1. The summed E-state index contributed by atoms with van der Waals surface area (Å²) in [6.45, 7) is 3.23. The molecule has 1 amide bonds. The molecule has 0 saturated carbocycles. The first-order valence-corrected chi connectivity index (χ1v) is 11.7. The Balaban J connectivity index is 1.48. The summed E-state index contributed by atoms with van der Waals surface area (Å²) in [5.74, 6) is 1.83. The van der Waals surface area contributed by atoms with E-state index in [2.05, 4.69) is 5.32 Å². The summed E-state index contributed by atoms with van der Waals surface area (Å²) in [6.07, 6.45) is 1.06. The highest BCUT2D eigenvalue weighted by Gasteiger charge is 2.24. The Bertz CT molecular complexity index is 1090. The summed E-state index contributed by atoms with van der Waals surface area (Å²) in [4.78, 5) is 12.7. The summed E-state index contributed by atoms with van der Waals surface area (Å²) in [6, 6.07) is 9.88. The van der Waals surface area contributed by atoms with Gasteiger partial charge in [-0.1, -0.05) is 6.07 Å². The standard InChI is InChI=1S/C21H24N2O7S/c1-14(15-3-5-17-19(11-15)29-9-7-27-17)22-21(24)13-23(31(2,25)26)16-4-6-18-20(12-16)30-10-8-28-18/h3-6,11-12,14H,7-10,13H2,1-2H3,(H,22,24)/t14-/m1/s1. The Hall–Kier alpha value is -3.14. The highest BCUT2D eigenvalue weighted by atomic mass is 32.2. The number of carbonyl (C=O) groups excluding carboxylic acids is 1. The van der Waals surface area contributed by atoms with Gasteiger partial charge in [0.1, 0.15) is 33.0 Å². The summed E-state index contributed by atoms with van der Waals surface area (Å²) in [7, 11) is -3.71. The maximum absolute atomic E-state index is 12.7. The second-order valence-corrected chi connectivity index (χ2v) is 9.20. The second kappa shape index (κ2) is 8.54. The third kappa shape index (κ3) is 4.79. The van der Waals surface area contributed by atoms with Gasteiger partial charge in [-0.2, -0.15) is 0 Å². The van der Waals surface area contributed by atoms with E-state index in [1.807, 2.05) is 19.1 Å². The van der Waals surface area contributed by atoms with E-state index in [1.165, 1.54) is 0 Å². The molecule has 0 aromatic heterocycles. The predicted molar refractivity (Wildman–Crippen MR) is 114 cm³/mol. The average molecular weight is 448 g/mol. The number of sulfonamides is 1. The molecule has 2 aromatic carbocycles. The highest BCUT2D eigenvalue weighted by molar-refractivity contribution is 7.92. The van der Waals surface area contributed by atoms with Crippen LogP contribution in [0.4, 0.5) is 5.69 Å². The zero-order valence-corrected chi connectivity index (χ0v) is 18.1. The van der Waals surface area contributed by atoms with Gasteiger partial charge in [0.05, 0.1) is 18.0 Å². The first-order valence-electron chi connectivity index (χ1n) is 9.87. The molecule has 9 nitrogen and oxygen atoms in total. The zero-order chi connectivity index (χ0) is 22.0. The third-order valence-electron chi connectivity index (χ3n) is 4.95. The van der Waals surface area contributed by atoms with Crippen LogP contribution in [0.25, 0.3) is 0 Å². The zero-order valence-electron chi connectivity index (χ0n) is 17.3. The van der Waals surface area contributed by atoms with Crippen molar-refractivity contribution in [2.75, 3.05) is 43.5 Å². The van der Waals surface area contributed by atoms with Gasteiger partial charge in [-0.15, -0.1) is 0 Å². The monoisotopic (exact) mass is 448 g/mol. The first-order chi connectivity index (χ1) is 14.8. The maximum Gasteiger partial charge on any atom is 0.241 e. The van der Waals surface area contributed by atoms with Gasteiger partial charge in [0.15, 0.2) is 23.0 Å². The van der Waals surface area contributed by atoms with Crippen molar-refractivity contribution in [3.05, 3.63) is 42.0 Å². The average Bonchev–Trinajstić information content (AvgIpc) is 2.76. The summed E-state index contributed by atoms with van der Waals surface area (Å²) in [5.41, 5.74) is 1.15. The largest absolute Gasteiger partial charge is 0.486 e. The van der Waals surface area contributed by atoms with Crippen molar-refractivity contribution in [1.82, 2.24) is 5.32 Å². The lowest BCUT2D eigenvalue weighted by Crippen LogP contribution is -2.41. The Labute approximate surface area is 180 Å². The van der Waals surface area contributed by atoms with Gasteiger partial charge in [0.2, 0.25) is 15.9 Å². The molecule has 0 aliphatic carbocycles. The van der Waals surface area contributed by atoms with Crippen LogP contribution in [0.1, 0.15) is 18.5 Å². The number of amides is 1. The minimum Gasteiger partial charge on any atom is -0.486 e. The molecule has 2 heterocycles. The van der Waals surface area contributed by atoms with Crippen molar-refractivity contribution < 1.29 is 32.2 Å². The van der Waals surface area contributed by atoms with Crippen LogP contribution in [-0.2, 0) is 14.8 Å². The van der Waals surface area contributed by atoms with Crippen LogP contribution >= 0.6 is 0 Å². The number of hydrogen-bond acceptors (Lipinski definition) is 7. The fraction of sp³-hybridized carbons (Fsp3) is 0.381. The van der Waals surface area contributed by atoms with Crippen molar-refractivity contribution in [1.29, 1.82) is 0 Å². The number of rotatable bonds is 6. The van der Waals surface area contributed by atoms with Gasteiger partial charge in [-0.25, -0.2) is 8.42 Å². The quantitative estimate of drug-likeness (QED) is 0.720. The third-order valence-corrected chi connectivity index (χ3v) is 6.09. The molecule has 4 rings (SSSR count). The number of benzene rings is 2. The Kier molecular flexibility index (Phi) is 5.81. The number of nitrogens with one attached hydrogen (secondary N) is 1. The van der Waals surface area contributed by atoms with Crippen molar-refractivity contribution in [2.45, 2.75) is 13.0 Å². The van der Waals surface area contributed by atoms with Gasteiger partial charge in [-0.05, 0) is 36.8 Å². The van der Waals surface area contributed by atoms with Crippen LogP contribution in [0, 0.1) is 0 Å². The number of carbonyl (C=O) groups is 1. The Morgan fingerprint density at radius 2 is 1.48 bits per heavy atom. The van der Waals surface area contributed by atoms with Crippen molar-refractivity contribution >= 4 is 21.6 Å². The Morgan fingerprint density at radius 1 is 0.935 bits per heavy atom. The lowest BCUT2D eigenvalue weighted by molar-refractivity contribution is -0.120. The molecule has 0 spiro atoms. The van der Waals surface area contributed by atoms with Crippen LogP contribution in [-0.4, -0.2) is 53.6 Å². The lowest BCUT2D eigenvalue weighted by atomic mass is 10.1. The van der Waals surface area contributed by atoms with Crippen LogP contribution in [0.5, 0.6) is 23.0 Å². The normalized spacial score (nSPS) is 15.7. The van der Waals surface area contributed by atoms with E-state index in [4.69, 9.17) is 18.9 Å². The predicted octanol–water partition coefficient (Wildman–Crippen LogP) is 1.87. The van der Waals surface area contributed by atoms with E-state index < -0.39 is 15.9 Å². The molecule has 0 unspecified atom stereocenters. The van der Waals surface area contributed by atoms with Crippen LogP contribution in [0.2, 0.25) is 0 Å². The summed E-state index contributed by atoms with van der Waals surface area (Å²) in [5, 5.41) is 2.84. The number of ether oxygens (including phenoxy) is 4. The fourth-order valence-corrected chi connectivity index (χ4v) is 4.27. The van der Waals surface area contributed by atoms with Crippen LogP contribution in [0.15, 0.2) is 36.4 Å². The molecule has 0 saturated heterocycles. The highest BCUT2D eigenvalue weighted by Crippen LogP contribution is 2.35. The van der Waals surface area contributed by atoms with Gasteiger partial charge >= 0.3 is 0 Å². The van der Waals surface area contributed by atoms with Gasteiger partial charge in [-0.3, -0.25) is 9.10 Å². The number of anilines is 1. The van der Waals surface area contributed by atoms with E-state index >= 15 is 0 Å². The molecule has 10 heteroatoms. The van der Waals surface area contributed by atoms with Gasteiger partial charge in [0.25, 0.3) is 0 Å². The first kappa shape index (κ1) is 21.1. The number of fused-ring (bicyclic) bond motifs is 2. The molecule has 0 bridgehead atoms. The van der Waals surface area contributed by atoms with E-state index in [1.54, 1.807) is 24.3 Å². The van der Waals surface area contributed by atoms with E-state index in [0.717, 1.165) is 16.1 Å². The SMILES string of the molecule is C[C@@H](NC(=O)CN(c1ccc2c(c1)OCCO2)S(C)(=O)=O)c1ccc2c(c1)OCCO2. The molecule has 2 aliphatic heterocycles. The number of nitrogens with zero attached hydrogens (tertiary/aromatic N) is 1. The molecule has 0 fully saturated rings. The van der Waals surface area contributed by atoms with Gasteiger partial charge in [0, 0.05) is 6.07 Å². The van der Waals surface area contributed by atoms with E-state index in [0.29, 0.717) is 55.1 Å². The van der Waals surface area contributed by atoms with Crippen molar-refractivity contribution in [3.63, 3.8) is 0 Å². The summed E-state index contributed by atoms with van der Waals surface area (Å²) >= 11 is 0.